The third kappa shape index (κ3) is 5.88. The van der Waals surface area contributed by atoms with E-state index in [9.17, 15) is 0 Å². The third-order valence-corrected chi connectivity index (χ3v) is 10.1. The van der Waals surface area contributed by atoms with Crippen LogP contribution in [0.2, 0.25) is 5.02 Å². The average molecular weight is 610 g/mol. The van der Waals surface area contributed by atoms with Crippen LogP contribution in [0.25, 0.3) is 5.57 Å². The van der Waals surface area contributed by atoms with Gasteiger partial charge >= 0.3 is 0 Å². The molecule has 2 aliphatic carbocycles. The van der Waals surface area contributed by atoms with E-state index in [4.69, 9.17) is 30.8 Å². The zero-order valence-corrected chi connectivity index (χ0v) is 26.1. The number of benzene rings is 3. The summed E-state index contributed by atoms with van der Waals surface area (Å²) in [6, 6.07) is 31.6. The Bertz CT molecular complexity index is 1570. The van der Waals surface area contributed by atoms with E-state index in [1.165, 1.54) is 18.4 Å². The lowest BCUT2D eigenvalue weighted by Gasteiger charge is -2.23. The Hall–Kier alpha value is -3.09. The summed E-state index contributed by atoms with van der Waals surface area (Å²) in [6.07, 6.45) is 9.04. The van der Waals surface area contributed by atoms with E-state index in [-0.39, 0.29) is 18.1 Å². The molecule has 2 heterocycles. The molecule has 0 radical (unpaired) electrons. The number of aromatic nitrogens is 1. The molecule has 1 aliphatic heterocycles. The summed E-state index contributed by atoms with van der Waals surface area (Å²) in [6.45, 7) is 0. The molecule has 1 saturated heterocycles. The number of nitrogens with zero attached hydrogens (tertiary/aromatic N) is 1. The van der Waals surface area contributed by atoms with Gasteiger partial charge in [-0.3, -0.25) is 0 Å². The topological polar surface area (TPSA) is 40.6 Å². The number of allylic oxidation sites excluding steroid dienone is 1. The highest BCUT2D eigenvalue weighted by Crippen LogP contribution is 2.55. The molecule has 0 unspecified atom stereocenters. The monoisotopic (exact) mass is 609 g/mol. The van der Waals surface area contributed by atoms with Gasteiger partial charge in [0, 0.05) is 28.9 Å². The largest absolute Gasteiger partial charge is 0.481 e. The van der Waals surface area contributed by atoms with Crippen LogP contribution in [0.3, 0.4) is 0 Å². The molecule has 3 atom stereocenters. The first-order valence-electron chi connectivity index (χ1n) is 15.1. The predicted molar refractivity (Wildman–Crippen MR) is 174 cm³/mol. The van der Waals surface area contributed by atoms with Gasteiger partial charge in [0.2, 0.25) is 5.88 Å². The zero-order chi connectivity index (χ0) is 29.4. The van der Waals surface area contributed by atoms with Crippen molar-refractivity contribution in [2.75, 3.05) is 13.4 Å². The van der Waals surface area contributed by atoms with Crippen molar-refractivity contribution in [1.29, 1.82) is 0 Å². The molecule has 0 N–H and O–H groups in total. The number of halogens is 1. The van der Waals surface area contributed by atoms with Gasteiger partial charge in [-0.25, -0.2) is 4.98 Å². The maximum atomic E-state index is 6.91. The first kappa shape index (κ1) is 28.7. The average Bonchev–Trinajstić information content (AvgIpc) is 3.73. The second-order valence-electron chi connectivity index (χ2n) is 11.8. The van der Waals surface area contributed by atoms with Gasteiger partial charge in [0.15, 0.2) is 5.79 Å². The van der Waals surface area contributed by atoms with Crippen molar-refractivity contribution in [1.82, 2.24) is 4.98 Å². The quantitative estimate of drug-likeness (QED) is 0.186. The molecular formula is C37H36ClNO3S. The van der Waals surface area contributed by atoms with Crippen LogP contribution in [-0.4, -0.2) is 24.1 Å². The van der Waals surface area contributed by atoms with Crippen molar-refractivity contribution in [3.63, 3.8) is 0 Å². The van der Waals surface area contributed by atoms with Crippen LogP contribution in [0.1, 0.15) is 78.2 Å². The van der Waals surface area contributed by atoms with Crippen LogP contribution in [-0.2, 0) is 9.47 Å². The Morgan fingerprint density at radius 3 is 2.16 bits per heavy atom. The minimum absolute atomic E-state index is 0.162. The summed E-state index contributed by atoms with van der Waals surface area (Å²) >= 11 is 8.38. The van der Waals surface area contributed by atoms with Crippen molar-refractivity contribution in [3.05, 3.63) is 130 Å². The molecule has 3 aliphatic rings. The van der Waals surface area contributed by atoms with Gasteiger partial charge in [0.1, 0.15) is 12.2 Å². The van der Waals surface area contributed by atoms with E-state index in [1.807, 2.05) is 18.4 Å². The van der Waals surface area contributed by atoms with Gasteiger partial charge in [-0.05, 0) is 72.2 Å². The molecule has 43 heavy (non-hydrogen) atoms. The summed E-state index contributed by atoms with van der Waals surface area (Å²) in [7, 11) is 1.72. The molecule has 0 bridgehead atoms. The minimum Gasteiger partial charge on any atom is -0.481 e. The Balaban J connectivity index is 1.23. The predicted octanol–water partition coefficient (Wildman–Crippen LogP) is 9.80. The Morgan fingerprint density at radius 2 is 1.58 bits per heavy atom. The normalized spacial score (nSPS) is 23.1. The number of ether oxygens (including phenoxy) is 3. The van der Waals surface area contributed by atoms with Crippen LogP contribution in [0.15, 0.2) is 102 Å². The molecule has 2 saturated carbocycles. The van der Waals surface area contributed by atoms with E-state index >= 15 is 0 Å². The molecule has 1 aromatic heterocycles. The smallest absolute Gasteiger partial charge is 0.217 e. The van der Waals surface area contributed by atoms with Gasteiger partial charge in [0.05, 0.1) is 17.8 Å². The summed E-state index contributed by atoms with van der Waals surface area (Å²) < 4.78 is 19.6. The van der Waals surface area contributed by atoms with Crippen LogP contribution in [0, 0.1) is 5.92 Å². The molecule has 1 spiro atoms. The van der Waals surface area contributed by atoms with E-state index < -0.39 is 5.79 Å². The van der Waals surface area contributed by atoms with E-state index in [1.54, 1.807) is 18.9 Å². The lowest BCUT2D eigenvalue weighted by Crippen LogP contribution is -2.26. The first-order valence-corrected chi connectivity index (χ1v) is 16.7. The van der Waals surface area contributed by atoms with Crippen LogP contribution < -0.4 is 4.74 Å². The van der Waals surface area contributed by atoms with Crippen molar-refractivity contribution in [3.8, 4) is 5.88 Å². The Labute approximate surface area is 263 Å². The fourth-order valence-electron chi connectivity index (χ4n) is 6.62. The van der Waals surface area contributed by atoms with Gasteiger partial charge in [0.25, 0.3) is 0 Å². The molecule has 7 rings (SSSR count). The number of pyridine rings is 1. The highest BCUT2D eigenvalue weighted by molar-refractivity contribution is 7.98. The molecule has 3 aromatic carbocycles. The fourth-order valence-corrected chi connectivity index (χ4v) is 7.49. The summed E-state index contributed by atoms with van der Waals surface area (Å²) in [4.78, 5) is 6.10. The minimum atomic E-state index is -0.644. The maximum Gasteiger partial charge on any atom is 0.217 e. The van der Waals surface area contributed by atoms with Gasteiger partial charge < -0.3 is 14.2 Å². The molecular weight excluding hydrogens is 574 g/mol. The summed E-state index contributed by atoms with van der Waals surface area (Å²) in [5.74, 6) is 0.880. The first-order chi connectivity index (χ1) is 21.1. The van der Waals surface area contributed by atoms with Crippen LogP contribution in [0.4, 0.5) is 0 Å². The van der Waals surface area contributed by atoms with Crippen LogP contribution in [0.5, 0.6) is 5.88 Å². The molecule has 6 heteroatoms. The van der Waals surface area contributed by atoms with E-state index in [2.05, 4.69) is 84.9 Å². The van der Waals surface area contributed by atoms with Gasteiger partial charge in [-0.2, -0.15) is 0 Å². The second kappa shape index (κ2) is 12.1. The number of methoxy groups -OCH3 is 1. The summed E-state index contributed by atoms with van der Waals surface area (Å²) in [5, 5.41) is 0.749. The molecule has 4 nitrogen and oxygen atoms in total. The fraction of sp³-hybridized carbons (Fsp3) is 0.324. The zero-order valence-electron chi connectivity index (χ0n) is 24.5. The SMILES string of the molecule is COc1nc(/C(=C/[C@H]2CCC3(C2)O[C@H](c2ccccc2)[C@@H](c2ccccc2)O3)c2ccc(SC)c(Cl)c2)ccc1C1CC1. The number of rotatable bonds is 8. The van der Waals surface area contributed by atoms with E-state index in [0.29, 0.717) is 5.92 Å². The number of hydrogen-bond acceptors (Lipinski definition) is 5. The van der Waals surface area contributed by atoms with Crippen molar-refractivity contribution >= 4 is 28.9 Å². The molecule has 4 aromatic rings. The number of thioether (sulfide) groups is 1. The Kier molecular flexibility index (Phi) is 8.08. The lowest BCUT2D eigenvalue weighted by molar-refractivity contribution is -0.171. The van der Waals surface area contributed by atoms with Crippen molar-refractivity contribution in [2.45, 2.75) is 60.9 Å². The third-order valence-electron chi connectivity index (χ3n) is 8.93. The molecule has 3 fully saturated rings. The summed E-state index contributed by atoms with van der Waals surface area (Å²) in [5.41, 5.74) is 6.50. The lowest BCUT2D eigenvalue weighted by atomic mass is 9.95. The standard InChI is InChI=1S/C37H36ClNO3S/c1-40-36-29(25-13-14-25)16-17-32(39-36)30(28-15-18-33(43-2)31(38)22-28)21-24-19-20-37(23-24)41-34(26-9-5-3-6-10-26)35(42-37)27-11-7-4-8-12-27/h3-12,15-18,21-22,24-25,34-35H,13-14,19-20,23H2,1-2H3/b30-21+/t24-,34-,35-/m1/s1. The van der Waals surface area contributed by atoms with Gasteiger partial charge in [-0.15, -0.1) is 11.8 Å². The van der Waals surface area contributed by atoms with E-state index in [0.717, 1.165) is 63.0 Å². The Morgan fingerprint density at radius 1 is 0.907 bits per heavy atom. The number of hydrogen-bond donors (Lipinski definition) is 0. The highest BCUT2D eigenvalue weighted by atomic mass is 35.5. The van der Waals surface area contributed by atoms with Gasteiger partial charge in [-0.1, -0.05) is 90.5 Å². The highest BCUT2D eigenvalue weighted by Gasteiger charge is 2.52. The van der Waals surface area contributed by atoms with Crippen molar-refractivity contribution in [2.24, 2.45) is 5.92 Å². The maximum absolute atomic E-state index is 6.91. The molecule has 220 valence electrons. The molecule has 0 amide bonds. The van der Waals surface area contributed by atoms with Crippen molar-refractivity contribution < 1.29 is 14.2 Å². The second-order valence-corrected chi connectivity index (χ2v) is 13.1. The van der Waals surface area contributed by atoms with Crippen LogP contribution >= 0.6 is 23.4 Å².